The van der Waals surface area contributed by atoms with Crippen LogP contribution >= 0.6 is 0 Å². The van der Waals surface area contributed by atoms with E-state index in [2.05, 4.69) is 17.2 Å². The highest BCUT2D eigenvalue weighted by Gasteiger charge is 2.54. The van der Waals surface area contributed by atoms with E-state index >= 15 is 0 Å². The molecule has 0 atom stereocenters. The van der Waals surface area contributed by atoms with Crippen molar-refractivity contribution in [3.63, 3.8) is 0 Å². The van der Waals surface area contributed by atoms with Crippen LogP contribution in [0, 0.1) is 5.82 Å². The molecule has 0 unspecified atom stereocenters. The molecule has 0 aromatic heterocycles. The Morgan fingerprint density at radius 1 is 1.02 bits per heavy atom. The standard InChI is InChI=1S/C34H40FN5O4.C2H6/c1-5-39-33(42)38-18-14-24-21-27(43-3)22-30(44-4)29(24)7-6-8-31(38)34(39)15-19-37(20-16-34)32(41)28-13-17-36-40(23(28)2)26-11-9-25(35)10-12-26;1-2/h8-12,17,21-22H,5-7,13-16,18-20H2,1-4H3;1-2H3/b31-8-;. The highest BCUT2D eigenvalue weighted by Crippen LogP contribution is 2.45. The average Bonchev–Trinajstić information content (AvgIpc) is 3.35. The fourth-order valence-corrected chi connectivity index (χ4v) is 7.30. The van der Waals surface area contributed by atoms with Gasteiger partial charge >= 0.3 is 6.03 Å². The number of likely N-dealkylation sites (N-methyl/N-ethyl adjacent to an activating group) is 1. The highest BCUT2D eigenvalue weighted by molar-refractivity contribution is 5.98. The molecule has 6 rings (SSSR count). The van der Waals surface area contributed by atoms with Crippen molar-refractivity contribution in [1.29, 1.82) is 0 Å². The fourth-order valence-electron chi connectivity index (χ4n) is 7.30. The molecular weight excluding hydrogens is 585 g/mol. The second-order valence-corrected chi connectivity index (χ2v) is 11.7. The second-order valence-electron chi connectivity index (χ2n) is 11.7. The number of rotatable bonds is 5. The zero-order valence-corrected chi connectivity index (χ0v) is 27.9. The van der Waals surface area contributed by atoms with Gasteiger partial charge < -0.3 is 19.3 Å². The summed E-state index contributed by atoms with van der Waals surface area (Å²) in [6.07, 6.45) is 8.05. The Kier molecular flexibility index (Phi) is 10.0. The molecule has 4 aliphatic rings. The molecule has 9 nitrogen and oxygen atoms in total. The summed E-state index contributed by atoms with van der Waals surface area (Å²) >= 11 is 0. The Labute approximate surface area is 271 Å². The van der Waals surface area contributed by atoms with Gasteiger partial charge in [0.2, 0.25) is 0 Å². The molecule has 0 saturated carbocycles. The smallest absolute Gasteiger partial charge is 0.325 e. The van der Waals surface area contributed by atoms with Gasteiger partial charge in [-0.2, -0.15) is 5.10 Å². The van der Waals surface area contributed by atoms with E-state index in [1.807, 2.05) is 48.5 Å². The van der Waals surface area contributed by atoms with Gasteiger partial charge in [-0.25, -0.2) is 14.2 Å². The van der Waals surface area contributed by atoms with Crippen molar-refractivity contribution in [2.24, 2.45) is 5.10 Å². The number of halogens is 1. The van der Waals surface area contributed by atoms with Crippen LogP contribution in [-0.2, 0) is 17.6 Å². The molecule has 4 heterocycles. The first-order chi connectivity index (χ1) is 22.3. The van der Waals surface area contributed by atoms with E-state index in [0.29, 0.717) is 63.1 Å². The third-order valence-electron chi connectivity index (χ3n) is 9.58. The van der Waals surface area contributed by atoms with Crippen LogP contribution in [0.5, 0.6) is 11.5 Å². The zero-order chi connectivity index (χ0) is 33.0. The van der Waals surface area contributed by atoms with Crippen LogP contribution in [0.25, 0.3) is 0 Å². The Morgan fingerprint density at radius 2 is 1.74 bits per heavy atom. The van der Waals surface area contributed by atoms with Crippen molar-refractivity contribution in [3.05, 3.63) is 76.4 Å². The minimum Gasteiger partial charge on any atom is -0.497 e. The zero-order valence-electron chi connectivity index (χ0n) is 27.9. The van der Waals surface area contributed by atoms with Crippen LogP contribution in [-0.4, -0.2) is 78.8 Å². The number of piperidine rings is 1. The number of hydrogen-bond acceptors (Lipinski definition) is 6. The molecule has 0 bridgehead atoms. The molecular formula is C36H46FN5O4. The number of nitrogens with zero attached hydrogens (tertiary/aromatic N) is 5. The molecule has 0 N–H and O–H groups in total. The van der Waals surface area contributed by atoms with Crippen molar-refractivity contribution in [3.8, 4) is 11.5 Å². The summed E-state index contributed by atoms with van der Waals surface area (Å²) in [4.78, 5) is 33.7. The van der Waals surface area contributed by atoms with Crippen molar-refractivity contribution < 1.29 is 23.5 Å². The third kappa shape index (κ3) is 5.85. The van der Waals surface area contributed by atoms with Crippen LogP contribution in [0.4, 0.5) is 14.9 Å². The summed E-state index contributed by atoms with van der Waals surface area (Å²) in [6, 6.07) is 10.1. The minimum atomic E-state index is -0.446. The number of allylic oxidation sites excluding steroid dienone is 2. The van der Waals surface area contributed by atoms with Gasteiger partial charge in [-0.3, -0.25) is 9.69 Å². The summed E-state index contributed by atoms with van der Waals surface area (Å²) in [5.74, 6) is 1.23. The normalized spacial score (nSPS) is 20.2. The van der Waals surface area contributed by atoms with Gasteiger partial charge in [0.05, 0.1) is 25.4 Å². The van der Waals surface area contributed by atoms with Crippen molar-refractivity contribution >= 4 is 23.8 Å². The highest BCUT2D eigenvalue weighted by atomic mass is 19.1. The van der Waals surface area contributed by atoms with Gasteiger partial charge in [0.1, 0.15) is 17.3 Å². The number of hydrazone groups is 1. The van der Waals surface area contributed by atoms with Crippen LogP contribution < -0.4 is 14.5 Å². The van der Waals surface area contributed by atoms with Gasteiger partial charge in [0.25, 0.3) is 5.91 Å². The number of carbonyl (C=O) groups is 2. The molecule has 1 spiro atoms. The molecule has 46 heavy (non-hydrogen) atoms. The maximum absolute atomic E-state index is 13.9. The Bertz CT molecular complexity index is 1540. The van der Waals surface area contributed by atoms with E-state index < -0.39 is 5.54 Å². The Balaban J connectivity index is 0.00000204. The van der Waals surface area contributed by atoms with E-state index in [0.717, 1.165) is 46.9 Å². The number of benzene rings is 2. The van der Waals surface area contributed by atoms with Crippen LogP contribution in [0.15, 0.2) is 64.5 Å². The maximum atomic E-state index is 13.9. The van der Waals surface area contributed by atoms with Crippen molar-refractivity contribution in [2.45, 2.75) is 71.8 Å². The van der Waals surface area contributed by atoms with Gasteiger partial charge in [0, 0.05) is 61.8 Å². The summed E-state index contributed by atoms with van der Waals surface area (Å²) in [5, 5.41) is 6.16. The SMILES string of the molecule is CC.CCN1C(=O)N2CCc3cc(OC)cc(OC)c3CC/C=C\2C12CCN(C(=O)C1=C(C)N(c3ccc(F)cc3)N=CC1)CC2. The summed E-state index contributed by atoms with van der Waals surface area (Å²) < 4.78 is 24.8. The molecule has 2 saturated heterocycles. The largest absolute Gasteiger partial charge is 0.497 e. The monoisotopic (exact) mass is 631 g/mol. The van der Waals surface area contributed by atoms with E-state index in [4.69, 9.17) is 9.47 Å². The molecule has 2 aromatic carbocycles. The second kappa shape index (κ2) is 14.0. The number of amides is 3. The van der Waals surface area contributed by atoms with Crippen LogP contribution in [0.2, 0.25) is 0 Å². The van der Waals surface area contributed by atoms with Crippen molar-refractivity contribution in [2.75, 3.05) is 45.4 Å². The van der Waals surface area contributed by atoms with Crippen LogP contribution in [0.3, 0.4) is 0 Å². The predicted octanol–water partition coefficient (Wildman–Crippen LogP) is 6.53. The van der Waals surface area contributed by atoms with Gasteiger partial charge in [-0.1, -0.05) is 19.9 Å². The topological polar surface area (TPSA) is 77.9 Å². The summed E-state index contributed by atoms with van der Waals surface area (Å²) in [5.41, 5.74) is 5.05. The molecule has 2 fully saturated rings. The number of urea groups is 1. The fraction of sp³-hybridized carbons (Fsp3) is 0.472. The Hall–Kier alpha value is -4.34. The maximum Gasteiger partial charge on any atom is 0.325 e. The van der Waals surface area contributed by atoms with Gasteiger partial charge in [-0.05, 0) is 87.4 Å². The molecule has 3 amide bonds. The lowest BCUT2D eigenvalue weighted by atomic mass is 9.82. The Morgan fingerprint density at radius 3 is 2.39 bits per heavy atom. The lowest BCUT2D eigenvalue weighted by Gasteiger charge is -2.44. The first-order valence-electron chi connectivity index (χ1n) is 16.4. The lowest BCUT2D eigenvalue weighted by molar-refractivity contribution is -0.129. The number of fused-ring (bicyclic) bond motifs is 3. The number of carbonyl (C=O) groups excluding carboxylic acids is 2. The first-order valence-corrected chi connectivity index (χ1v) is 16.4. The molecule has 4 aliphatic heterocycles. The number of hydrogen-bond donors (Lipinski definition) is 0. The summed E-state index contributed by atoms with van der Waals surface area (Å²) in [6.45, 7) is 10.2. The predicted molar refractivity (Wildman–Crippen MR) is 179 cm³/mol. The van der Waals surface area contributed by atoms with Gasteiger partial charge in [-0.15, -0.1) is 0 Å². The number of ether oxygens (including phenoxy) is 2. The lowest BCUT2D eigenvalue weighted by Crippen LogP contribution is -2.55. The first kappa shape index (κ1) is 33.0. The molecule has 0 radical (unpaired) electrons. The number of methoxy groups -OCH3 is 2. The van der Waals surface area contributed by atoms with Gasteiger partial charge in [0.15, 0.2) is 0 Å². The van der Waals surface area contributed by atoms with E-state index in [9.17, 15) is 14.0 Å². The quantitative estimate of drug-likeness (QED) is 0.375. The van der Waals surface area contributed by atoms with E-state index in [1.54, 1.807) is 37.6 Å². The molecule has 10 heteroatoms. The van der Waals surface area contributed by atoms with Crippen molar-refractivity contribution in [1.82, 2.24) is 14.7 Å². The number of anilines is 1. The van der Waals surface area contributed by atoms with E-state index in [1.165, 1.54) is 12.1 Å². The number of likely N-dealkylation sites (tertiary alicyclic amines) is 1. The van der Waals surface area contributed by atoms with Crippen LogP contribution in [0.1, 0.15) is 64.5 Å². The third-order valence-corrected chi connectivity index (χ3v) is 9.58. The molecule has 246 valence electrons. The average molecular weight is 632 g/mol. The summed E-state index contributed by atoms with van der Waals surface area (Å²) in [7, 11) is 3.34. The molecule has 0 aliphatic carbocycles. The van der Waals surface area contributed by atoms with E-state index in [-0.39, 0.29) is 17.8 Å². The minimum absolute atomic E-state index is 0.0141. The molecule has 2 aromatic rings.